The molecule has 0 saturated heterocycles. The second-order valence-electron chi connectivity index (χ2n) is 6.53. The van der Waals surface area contributed by atoms with Crippen molar-refractivity contribution < 1.29 is 14.1 Å². The highest BCUT2D eigenvalue weighted by Gasteiger charge is 2.23. The number of non-ortho nitro benzene ring substituents is 1. The molecule has 1 aliphatic rings. The summed E-state index contributed by atoms with van der Waals surface area (Å²) in [5.41, 5.74) is 1.07. The molecule has 1 aliphatic heterocycles. The third-order valence-corrected chi connectivity index (χ3v) is 6.47. The van der Waals surface area contributed by atoms with Gasteiger partial charge in [-0.1, -0.05) is 17.8 Å². The number of hydrogen-bond acceptors (Lipinski definition) is 7. The monoisotopic (exact) mass is 458 g/mol. The van der Waals surface area contributed by atoms with Crippen molar-refractivity contribution in [1.82, 2.24) is 9.55 Å². The largest absolute Gasteiger partial charge is 0.325 e. The molecule has 31 heavy (non-hydrogen) atoms. The number of amides is 1. The molecular weight excluding hydrogens is 443 g/mol. The van der Waals surface area contributed by atoms with Crippen LogP contribution in [0.5, 0.6) is 0 Å². The van der Waals surface area contributed by atoms with E-state index in [2.05, 4.69) is 10.3 Å². The first-order valence-electron chi connectivity index (χ1n) is 9.14. The van der Waals surface area contributed by atoms with Gasteiger partial charge in [0.2, 0.25) is 5.91 Å². The molecule has 1 N–H and O–H groups in total. The Balaban J connectivity index is 1.62. The SMILES string of the molecule is O=C(CSc1nc2c(c(=O)n1-c1ccc([N+](=O)[O-])cc1)SCC2)Nc1cccc(F)c1. The number of aryl methyl sites for hydroxylation is 1. The third-order valence-electron chi connectivity index (χ3n) is 4.43. The molecule has 3 aromatic rings. The number of thioether (sulfide) groups is 2. The van der Waals surface area contributed by atoms with Gasteiger partial charge in [0.25, 0.3) is 11.2 Å². The molecule has 0 aliphatic carbocycles. The van der Waals surface area contributed by atoms with Gasteiger partial charge >= 0.3 is 0 Å². The zero-order valence-electron chi connectivity index (χ0n) is 15.9. The van der Waals surface area contributed by atoms with Crippen LogP contribution in [0.15, 0.2) is 63.4 Å². The van der Waals surface area contributed by atoms with Gasteiger partial charge in [0.05, 0.1) is 27.0 Å². The first kappa shape index (κ1) is 21.1. The van der Waals surface area contributed by atoms with E-state index in [0.717, 1.165) is 17.5 Å². The van der Waals surface area contributed by atoms with Crippen LogP contribution in [0.3, 0.4) is 0 Å². The highest BCUT2D eigenvalue weighted by atomic mass is 32.2. The maximum atomic E-state index is 13.3. The van der Waals surface area contributed by atoms with Gasteiger partial charge in [-0.15, -0.1) is 11.8 Å². The van der Waals surface area contributed by atoms with Crippen LogP contribution >= 0.6 is 23.5 Å². The quantitative estimate of drug-likeness (QED) is 0.260. The number of carbonyl (C=O) groups excluding carboxylic acids is 1. The number of fused-ring (bicyclic) bond motifs is 1. The van der Waals surface area contributed by atoms with Gasteiger partial charge in [-0.25, -0.2) is 9.37 Å². The van der Waals surface area contributed by atoms with E-state index < -0.39 is 10.7 Å². The minimum Gasteiger partial charge on any atom is -0.325 e. The van der Waals surface area contributed by atoms with Crippen LogP contribution < -0.4 is 10.9 Å². The number of halogens is 1. The van der Waals surface area contributed by atoms with Crippen molar-refractivity contribution in [2.75, 3.05) is 16.8 Å². The molecular formula is C20H15FN4O4S2. The number of aromatic nitrogens is 2. The second-order valence-corrected chi connectivity index (χ2v) is 8.58. The molecule has 0 unspecified atom stereocenters. The Morgan fingerprint density at radius 2 is 2.06 bits per heavy atom. The molecule has 4 rings (SSSR count). The number of carbonyl (C=O) groups is 1. The summed E-state index contributed by atoms with van der Waals surface area (Å²) in [6, 6.07) is 11.1. The summed E-state index contributed by atoms with van der Waals surface area (Å²) in [4.78, 5) is 41.0. The van der Waals surface area contributed by atoms with E-state index in [-0.39, 0.29) is 22.9 Å². The molecule has 0 spiro atoms. The second kappa shape index (κ2) is 8.90. The van der Waals surface area contributed by atoms with Crippen molar-refractivity contribution in [2.24, 2.45) is 0 Å². The number of benzene rings is 2. The Bertz CT molecular complexity index is 1230. The maximum Gasteiger partial charge on any atom is 0.272 e. The molecule has 0 fully saturated rings. The Hall–Kier alpha value is -3.18. The van der Waals surface area contributed by atoms with Gasteiger partial charge in [0, 0.05) is 30.0 Å². The molecule has 2 heterocycles. The maximum absolute atomic E-state index is 13.3. The summed E-state index contributed by atoms with van der Waals surface area (Å²) in [6.45, 7) is 0. The predicted molar refractivity (Wildman–Crippen MR) is 117 cm³/mol. The smallest absolute Gasteiger partial charge is 0.272 e. The number of nitrogens with one attached hydrogen (secondary N) is 1. The van der Waals surface area contributed by atoms with Crippen LogP contribution in [0.25, 0.3) is 5.69 Å². The minimum atomic E-state index is -0.518. The Kier molecular flexibility index (Phi) is 6.05. The van der Waals surface area contributed by atoms with Crippen LogP contribution in [0.1, 0.15) is 5.69 Å². The van der Waals surface area contributed by atoms with E-state index in [1.165, 1.54) is 58.8 Å². The van der Waals surface area contributed by atoms with Crippen LogP contribution in [-0.4, -0.2) is 31.9 Å². The number of anilines is 1. The number of nitro benzene ring substituents is 1. The van der Waals surface area contributed by atoms with Crippen LogP contribution in [-0.2, 0) is 11.2 Å². The van der Waals surface area contributed by atoms with Gasteiger partial charge in [-0.3, -0.25) is 24.3 Å². The number of nitro groups is 1. The molecule has 1 amide bonds. The van der Waals surface area contributed by atoms with E-state index >= 15 is 0 Å². The summed E-state index contributed by atoms with van der Waals surface area (Å²) in [5, 5.41) is 13.9. The number of rotatable bonds is 6. The normalized spacial score (nSPS) is 12.4. The Morgan fingerprint density at radius 1 is 1.29 bits per heavy atom. The Morgan fingerprint density at radius 3 is 2.77 bits per heavy atom. The summed E-state index contributed by atoms with van der Waals surface area (Å²) >= 11 is 2.49. The summed E-state index contributed by atoms with van der Waals surface area (Å²) < 4.78 is 14.7. The Labute approximate surface area is 184 Å². The molecule has 158 valence electrons. The molecule has 2 aromatic carbocycles. The van der Waals surface area contributed by atoms with Gasteiger partial charge in [0.15, 0.2) is 5.16 Å². The summed E-state index contributed by atoms with van der Waals surface area (Å²) in [5.74, 6) is -0.154. The predicted octanol–water partition coefficient (Wildman–Crippen LogP) is 3.66. The van der Waals surface area contributed by atoms with Crippen molar-refractivity contribution in [3.8, 4) is 5.69 Å². The lowest BCUT2D eigenvalue weighted by atomic mass is 10.2. The zero-order chi connectivity index (χ0) is 22.0. The minimum absolute atomic E-state index is 0.0537. The van der Waals surface area contributed by atoms with Gasteiger partial charge < -0.3 is 5.32 Å². The average molecular weight is 458 g/mol. The van der Waals surface area contributed by atoms with E-state index in [4.69, 9.17) is 0 Å². The van der Waals surface area contributed by atoms with Crippen molar-refractivity contribution in [3.05, 3.63) is 80.5 Å². The lowest BCUT2D eigenvalue weighted by Gasteiger charge is -2.13. The number of hydrogen-bond donors (Lipinski definition) is 1. The van der Waals surface area contributed by atoms with Crippen LogP contribution in [0, 0.1) is 15.9 Å². The topological polar surface area (TPSA) is 107 Å². The van der Waals surface area contributed by atoms with E-state index in [9.17, 15) is 24.1 Å². The first-order chi connectivity index (χ1) is 14.9. The van der Waals surface area contributed by atoms with Crippen molar-refractivity contribution >= 4 is 40.8 Å². The van der Waals surface area contributed by atoms with Crippen LogP contribution in [0.2, 0.25) is 0 Å². The fourth-order valence-corrected chi connectivity index (χ4v) is 4.89. The molecule has 11 heteroatoms. The lowest BCUT2D eigenvalue weighted by molar-refractivity contribution is -0.384. The highest BCUT2D eigenvalue weighted by molar-refractivity contribution is 8.00. The zero-order valence-corrected chi connectivity index (χ0v) is 17.5. The molecule has 0 saturated carbocycles. The summed E-state index contributed by atoms with van der Waals surface area (Å²) in [7, 11) is 0. The van der Waals surface area contributed by atoms with Gasteiger partial charge in [-0.05, 0) is 30.3 Å². The molecule has 1 aromatic heterocycles. The molecule has 8 nitrogen and oxygen atoms in total. The van der Waals surface area contributed by atoms with E-state index in [1.54, 1.807) is 6.07 Å². The van der Waals surface area contributed by atoms with Crippen molar-refractivity contribution in [3.63, 3.8) is 0 Å². The molecule has 0 radical (unpaired) electrons. The van der Waals surface area contributed by atoms with Crippen LogP contribution in [0.4, 0.5) is 15.8 Å². The van der Waals surface area contributed by atoms with Crippen molar-refractivity contribution in [1.29, 1.82) is 0 Å². The van der Waals surface area contributed by atoms with E-state index in [0.29, 0.717) is 33.5 Å². The van der Waals surface area contributed by atoms with Crippen molar-refractivity contribution in [2.45, 2.75) is 16.5 Å². The fourth-order valence-electron chi connectivity index (χ4n) is 3.03. The number of nitrogens with zero attached hydrogens (tertiary/aromatic N) is 3. The fraction of sp³-hybridized carbons (Fsp3) is 0.150. The van der Waals surface area contributed by atoms with Gasteiger partial charge in [-0.2, -0.15) is 0 Å². The third kappa shape index (κ3) is 4.62. The standard InChI is InChI=1S/C20H15FN4O4S2/c21-12-2-1-3-13(10-12)22-17(26)11-31-20-23-16-8-9-30-18(16)19(27)24(20)14-4-6-15(7-5-14)25(28)29/h1-7,10H,8-9,11H2,(H,22,26). The lowest BCUT2D eigenvalue weighted by Crippen LogP contribution is -2.24. The first-order valence-corrected chi connectivity index (χ1v) is 11.1. The summed E-state index contributed by atoms with van der Waals surface area (Å²) in [6.07, 6.45) is 0.652. The highest BCUT2D eigenvalue weighted by Crippen LogP contribution is 2.30. The van der Waals surface area contributed by atoms with E-state index in [1.807, 2.05) is 0 Å². The average Bonchev–Trinajstić information content (AvgIpc) is 3.21. The molecule has 0 bridgehead atoms. The van der Waals surface area contributed by atoms with Gasteiger partial charge in [0.1, 0.15) is 5.82 Å². The molecule has 0 atom stereocenters.